The zero-order chi connectivity index (χ0) is 11.1. The zero-order valence-electron chi connectivity index (χ0n) is 10.5. The van der Waals surface area contributed by atoms with E-state index >= 15 is 0 Å². The third-order valence-corrected chi connectivity index (χ3v) is 3.61. The molecule has 2 unspecified atom stereocenters. The van der Waals surface area contributed by atoms with Gasteiger partial charge in [-0.1, -0.05) is 51.4 Å². The Bertz CT molecular complexity index is 154. The maximum atomic E-state index is 5.19. The van der Waals surface area contributed by atoms with Crippen molar-refractivity contribution in [3.63, 3.8) is 0 Å². The summed E-state index contributed by atoms with van der Waals surface area (Å²) < 4.78 is 10.4. The number of unbranched alkanes of at least 4 members (excludes halogenated alkanes) is 7. The highest BCUT2D eigenvalue weighted by Gasteiger charge is 2.21. The predicted octanol–water partition coefficient (Wildman–Crippen LogP) is 3.69. The first-order valence-electron chi connectivity index (χ1n) is 7.18. The summed E-state index contributed by atoms with van der Waals surface area (Å²) in [5, 5.41) is 0. The monoisotopic (exact) mass is 226 g/mol. The number of ether oxygens (including phenoxy) is 2. The van der Waals surface area contributed by atoms with Gasteiger partial charge in [0.25, 0.3) is 0 Å². The Morgan fingerprint density at radius 3 is 1.19 bits per heavy atom. The Morgan fingerprint density at radius 2 is 0.875 bits per heavy atom. The topological polar surface area (TPSA) is 25.1 Å². The molecule has 0 radical (unpaired) electrons. The third kappa shape index (κ3) is 6.49. The van der Waals surface area contributed by atoms with E-state index in [1.165, 1.54) is 64.2 Å². The van der Waals surface area contributed by atoms with Crippen LogP contribution in [0.5, 0.6) is 0 Å². The molecule has 0 aromatic heterocycles. The number of hydrogen-bond acceptors (Lipinski definition) is 2. The Labute approximate surface area is 99.7 Å². The SMILES string of the molecule is C(CCCCCC1CO1)CCCCC1CO1. The standard InChI is InChI=1S/C14H26O2/c1(3-5-7-9-13-11-15-13)2-4-6-8-10-14-12-16-14/h13-14H,1-12H2. The molecule has 0 aromatic rings. The molecule has 2 aliphatic rings. The molecule has 0 N–H and O–H groups in total. The highest BCUT2D eigenvalue weighted by atomic mass is 16.6. The highest BCUT2D eigenvalue weighted by molar-refractivity contribution is 4.69. The lowest BCUT2D eigenvalue weighted by atomic mass is 10.1. The van der Waals surface area contributed by atoms with Crippen LogP contribution in [0, 0.1) is 0 Å². The molecule has 0 aliphatic carbocycles. The van der Waals surface area contributed by atoms with Crippen molar-refractivity contribution in [2.75, 3.05) is 13.2 Å². The maximum Gasteiger partial charge on any atom is 0.0810 e. The maximum absolute atomic E-state index is 5.19. The van der Waals surface area contributed by atoms with Gasteiger partial charge in [0.1, 0.15) is 0 Å². The molecule has 0 aromatic carbocycles. The first-order chi connectivity index (χ1) is 7.95. The van der Waals surface area contributed by atoms with Gasteiger partial charge in [-0.2, -0.15) is 0 Å². The fraction of sp³-hybridized carbons (Fsp3) is 1.00. The van der Waals surface area contributed by atoms with Crippen molar-refractivity contribution in [2.24, 2.45) is 0 Å². The summed E-state index contributed by atoms with van der Waals surface area (Å²) in [6.07, 6.45) is 15.2. The number of hydrogen-bond donors (Lipinski definition) is 0. The minimum atomic E-state index is 0.643. The summed E-state index contributed by atoms with van der Waals surface area (Å²) in [7, 11) is 0. The summed E-state index contributed by atoms with van der Waals surface area (Å²) in [6.45, 7) is 2.06. The molecule has 0 bridgehead atoms. The van der Waals surface area contributed by atoms with E-state index in [2.05, 4.69) is 0 Å². The van der Waals surface area contributed by atoms with Crippen molar-refractivity contribution in [1.82, 2.24) is 0 Å². The molecule has 0 amide bonds. The summed E-state index contributed by atoms with van der Waals surface area (Å²) in [6, 6.07) is 0. The van der Waals surface area contributed by atoms with Crippen molar-refractivity contribution in [3.05, 3.63) is 0 Å². The van der Waals surface area contributed by atoms with Crippen molar-refractivity contribution >= 4 is 0 Å². The van der Waals surface area contributed by atoms with Crippen LogP contribution in [0.4, 0.5) is 0 Å². The average Bonchev–Trinajstić information content (AvgIpc) is 3.14. The minimum Gasteiger partial charge on any atom is -0.373 e. The van der Waals surface area contributed by atoms with Crippen LogP contribution in [0.25, 0.3) is 0 Å². The lowest BCUT2D eigenvalue weighted by Gasteiger charge is -2.01. The fourth-order valence-electron chi connectivity index (χ4n) is 2.27. The Balaban J connectivity index is 1.22. The van der Waals surface area contributed by atoms with Crippen LogP contribution in [-0.4, -0.2) is 25.4 Å². The first-order valence-corrected chi connectivity index (χ1v) is 7.18. The second-order valence-corrected chi connectivity index (χ2v) is 5.32. The molecule has 2 heteroatoms. The Hall–Kier alpha value is -0.0800. The lowest BCUT2D eigenvalue weighted by Crippen LogP contribution is -1.87. The molecular formula is C14H26O2. The normalized spacial score (nSPS) is 27.0. The van der Waals surface area contributed by atoms with E-state index in [-0.39, 0.29) is 0 Å². The summed E-state index contributed by atoms with van der Waals surface area (Å²) >= 11 is 0. The molecule has 94 valence electrons. The lowest BCUT2D eigenvalue weighted by molar-refractivity contribution is 0.385. The van der Waals surface area contributed by atoms with E-state index in [1.54, 1.807) is 0 Å². The van der Waals surface area contributed by atoms with Gasteiger partial charge in [0.05, 0.1) is 25.4 Å². The van der Waals surface area contributed by atoms with Gasteiger partial charge in [-0.05, 0) is 12.8 Å². The second kappa shape index (κ2) is 7.29. The largest absolute Gasteiger partial charge is 0.373 e. The smallest absolute Gasteiger partial charge is 0.0810 e. The van der Waals surface area contributed by atoms with E-state index in [1.807, 2.05) is 0 Å². The molecule has 2 rings (SSSR count). The Morgan fingerprint density at radius 1 is 0.562 bits per heavy atom. The van der Waals surface area contributed by atoms with E-state index < -0.39 is 0 Å². The van der Waals surface area contributed by atoms with E-state index in [9.17, 15) is 0 Å². The van der Waals surface area contributed by atoms with Crippen molar-refractivity contribution in [1.29, 1.82) is 0 Å². The number of epoxide rings is 2. The molecule has 2 saturated heterocycles. The molecule has 2 nitrogen and oxygen atoms in total. The van der Waals surface area contributed by atoms with Gasteiger partial charge in [-0.15, -0.1) is 0 Å². The Kier molecular flexibility index (Phi) is 5.64. The van der Waals surface area contributed by atoms with Crippen LogP contribution >= 0.6 is 0 Å². The van der Waals surface area contributed by atoms with Gasteiger partial charge in [0.15, 0.2) is 0 Å². The van der Waals surface area contributed by atoms with Gasteiger partial charge in [0.2, 0.25) is 0 Å². The average molecular weight is 226 g/mol. The predicted molar refractivity (Wildman–Crippen MR) is 65.7 cm³/mol. The fourth-order valence-corrected chi connectivity index (χ4v) is 2.27. The zero-order valence-corrected chi connectivity index (χ0v) is 10.5. The van der Waals surface area contributed by atoms with Crippen molar-refractivity contribution in [3.8, 4) is 0 Å². The van der Waals surface area contributed by atoms with E-state index in [0.717, 1.165) is 13.2 Å². The van der Waals surface area contributed by atoms with Crippen molar-refractivity contribution < 1.29 is 9.47 Å². The van der Waals surface area contributed by atoms with Crippen LogP contribution < -0.4 is 0 Å². The molecule has 0 spiro atoms. The van der Waals surface area contributed by atoms with Gasteiger partial charge >= 0.3 is 0 Å². The van der Waals surface area contributed by atoms with Crippen LogP contribution in [0.2, 0.25) is 0 Å². The number of rotatable bonds is 11. The highest BCUT2D eigenvalue weighted by Crippen LogP contribution is 2.19. The van der Waals surface area contributed by atoms with Crippen LogP contribution in [-0.2, 0) is 9.47 Å². The molecule has 2 heterocycles. The summed E-state index contributed by atoms with van der Waals surface area (Å²) in [5.41, 5.74) is 0. The van der Waals surface area contributed by atoms with Crippen molar-refractivity contribution in [2.45, 2.75) is 76.4 Å². The van der Waals surface area contributed by atoms with E-state index in [0.29, 0.717) is 12.2 Å². The van der Waals surface area contributed by atoms with E-state index in [4.69, 9.17) is 9.47 Å². The molecule has 2 aliphatic heterocycles. The molecule has 16 heavy (non-hydrogen) atoms. The summed E-state index contributed by atoms with van der Waals surface area (Å²) in [5.74, 6) is 0. The molecular weight excluding hydrogens is 200 g/mol. The minimum absolute atomic E-state index is 0.643. The molecule has 0 saturated carbocycles. The first kappa shape index (κ1) is 12.4. The quantitative estimate of drug-likeness (QED) is 0.396. The van der Waals surface area contributed by atoms with Crippen LogP contribution in [0.3, 0.4) is 0 Å². The van der Waals surface area contributed by atoms with Crippen LogP contribution in [0.1, 0.15) is 64.2 Å². The van der Waals surface area contributed by atoms with Gasteiger partial charge in [0, 0.05) is 0 Å². The second-order valence-electron chi connectivity index (χ2n) is 5.32. The van der Waals surface area contributed by atoms with Gasteiger partial charge in [-0.3, -0.25) is 0 Å². The van der Waals surface area contributed by atoms with Crippen LogP contribution in [0.15, 0.2) is 0 Å². The van der Waals surface area contributed by atoms with Gasteiger partial charge in [-0.25, -0.2) is 0 Å². The molecule has 2 atom stereocenters. The summed E-state index contributed by atoms with van der Waals surface area (Å²) in [4.78, 5) is 0. The van der Waals surface area contributed by atoms with Gasteiger partial charge < -0.3 is 9.47 Å². The third-order valence-electron chi connectivity index (χ3n) is 3.61. The molecule has 2 fully saturated rings.